The molecular weight excluding hydrogens is 93.1 g/mol. The molecule has 1 atom stereocenters. The van der Waals surface area contributed by atoms with E-state index in [1.807, 2.05) is 6.92 Å². The van der Waals surface area contributed by atoms with E-state index < -0.39 is 0 Å². The molecule has 1 heterocycles. The minimum Gasteiger partial charge on any atom is -0.359 e. The molecule has 1 nitrogen and oxygen atoms in total. The summed E-state index contributed by atoms with van der Waals surface area (Å²) in [6, 6.07) is 0.306. The van der Waals surface area contributed by atoms with Crippen LogP contribution in [0.15, 0.2) is 12.0 Å². The van der Waals surface area contributed by atoms with Crippen molar-refractivity contribution >= 4 is 0 Å². The molecule has 1 N–H and O–H groups in total. The third-order valence-electron chi connectivity index (χ3n) is 1.03. The molecule has 1 aliphatic heterocycles. The first-order chi connectivity index (χ1) is 3.29. The second-order valence-corrected chi connectivity index (χ2v) is 1.83. The summed E-state index contributed by atoms with van der Waals surface area (Å²) in [6.07, 6.45) is 2.39. The lowest BCUT2D eigenvalue weighted by atomic mass is 10.3. The minimum absolute atomic E-state index is 0.174. The summed E-state index contributed by atoms with van der Waals surface area (Å²) < 4.78 is 11.9. The van der Waals surface area contributed by atoms with Crippen molar-refractivity contribution in [2.75, 3.05) is 0 Å². The zero-order valence-corrected chi connectivity index (χ0v) is 4.24. The normalized spacial score (nSPS) is 29.4. The molecular formula is C5H8FN. The third kappa shape index (κ3) is 0.918. The second-order valence-electron chi connectivity index (χ2n) is 1.83. The van der Waals surface area contributed by atoms with Crippen molar-refractivity contribution in [3.63, 3.8) is 0 Å². The van der Waals surface area contributed by atoms with Crippen LogP contribution in [-0.4, -0.2) is 6.04 Å². The van der Waals surface area contributed by atoms with E-state index in [0.29, 0.717) is 6.04 Å². The predicted octanol–water partition coefficient (Wildman–Crippen LogP) is 1.18. The first-order valence-electron chi connectivity index (χ1n) is 2.41. The van der Waals surface area contributed by atoms with Crippen LogP contribution in [0.2, 0.25) is 0 Å². The van der Waals surface area contributed by atoms with Crippen LogP contribution in [0.4, 0.5) is 4.39 Å². The van der Waals surface area contributed by atoms with E-state index in [1.165, 1.54) is 0 Å². The van der Waals surface area contributed by atoms with Crippen LogP contribution in [-0.2, 0) is 0 Å². The Morgan fingerprint density at radius 2 is 2.71 bits per heavy atom. The van der Waals surface area contributed by atoms with E-state index in [2.05, 4.69) is 5.32 Å². The van der Waals surface area contributed by atoms with Crippen molar-refractivity contribution in [2.24, 2.45) is 0 Å². The number of hydrogen-bond donors (Lipinski definition) is 1. The number of halogens is 1. The highest BCUT2D eigenvalue weighted by Crippen LogP contribution is 2.07. The van der Waals surface area contributed by atoms with Crippen LogP contribution in [0.25, 0.3) is 0 Å². The Labute approximate surface area is 42.2 Å². The second kappa shape index (κ2) is 1.52. The molecule has 0 aliphatic carbocycles. The smallest absolute Gasteiger partial charge is 0.183 e. The highest BCUT2D eigenvalue weighted by Gasteiger charge is 2.07. The van der Waals surface area contributed by atoms with Crippen LogP contribution >= 0.6 is 0 Å². The Bertz CT molecular complexity index is 98.3. The van der Waals surface area contributed by atoms with Crippen molar-refractivity contribution in [1.29, 1.82) is 0 Å². The molecule has 0 aromatic carbocycles. The first kappa shape index (κ1) is 4.62. The summed E-state index contributed by atoms with van der Waals surface area (Å²) in [6.45, 7) is 1.95. The highest BCUT2D eigenvalue weighted by molar-refractivity contribution is 4.99. The summed E-state index contributed by atoms with van der Waals surface area (Å²) in [5.74, 6) is -0.174. The zero-order valence-electron chi connectivity index (χ0n) is 4.24. The van der Waals surface area contributed by atoms with Gasteiger partial charge in [-0.05, 0) is 19.4 Å². The van der Waals surface area contributed by atoms with Gasteiger partial charge in [0.05, 0.1) is 0 Å². The SMILES string of the molecule is CC1CC=C(F)N1. The molecule has 1 aliphatic rings. The maximum atomic E-state index is 11.9. The molecule has 0 amide bonds. The predicted molar refractivity (Wildman–Crippen MR) is 26.4 cm³/mol. The molecule has 0 fully saturated rings. The van der Waals surface area contributed by atoms with Gasteiger partial charge in [-0.2, -0.15) is 4.39 Å². The summed E-state index contributed by atoms with van der Waals surface area (Å²) in [5, 5.41) is 2.61. The van der Waals surface area contributed by atoms with Gasteiger partial charge in [-0.15, -0.1) is 0 Å². The lowest BCUT2D eigenvalue weighted by Crippen LogP contribution is -2.15. The Balaban J connectivity index is 2.42. The van der Waals surface area contributed by atoms with Crippen molar-refractivity contribution in [2.45, 2.75) is 19.4 Å². The van der Waals surface area contributed by atoms with Gasteiger partial charge in [0.2, 0.25) is 0 Å². The van der Waals surface area contributed by atoms with Crippen molar-refractivity contribution < 1.29 is 4.39 Å². The van der Waals surface area contributed by atoms with Gasteiger partial charge in [0.1, 0.15) is 0 Å². The molecule has 0 aromatic heterocycles. The zero-order chi connectivity index (χ0) is 5.28. The van der Waals surface area contributed by atoms with E-state index in [0.717, 1.165) is 6.42 Å². The average molecular weight is 101 g/mol. The lowest BCUT2D eigenvalue weighted by molar-refractivity contribution is 0.529. The summed E-state index contributed by atoms with van der Waals surface area (Å²) in [5.41, 5.74) is 0. The maximum absolute atomic E-state index is 11.9. The minimum atomic E-state index is -0.174. The Kier molecular flexibility index (Phi) is 1.01. The molecule has 0 bridgehead atoms. The Morgan fingerprint density at radius 3 is 2.86 bits per heavy atom. The van der Waals surface area contributed by atoms with E-state index >= 15 is 0 Å². The van der Waals surface area contributed by atoms with E-state index in [9.17, 15) is 4.39 Å². The maximum Gasteiger partial charge on any atom is 0.183 e. The highest BCUT2D eigenvalue weighted by atomic mass is 19.1. The summed E-state index contributed by atoms with van der Waals surface area (Å²) >= 11 is 0. The Morgan fingerprint density at radius 1 is 2.00 bits per heavy atom. The molecule has 2 heteroatoms. The fraction of sp³-hybridized carbons (Fsp3) is 0.600. The fourth-order valence-electron chi connectivity index (χ4n) is 0.633. The fourth-order valence-corrected chi connectivity index (χ4v) is 0.633. The van der Waals surface area contributed by atoms with Crippen LogP contribution in [0.1, 0.15) is 13.3 Å². The molecule has 40 valence electrons. The quantitative estimate of drug-likeness (QED) is 0.452. The monoisotopic (exact) mass is 101 g/mol. The van der Waals surface area contributed by atoms with E-state index in [1.54, 1.807) is 6.08 Å². The Hall–Kier alpha value is -0.530. The van der Waals surface area contributed by atoms with Gasteiger partial charge in [-0.1, -0.05) is 0 Å². The van der Waals surface area contributed by atoms with Gasteiger partial charge < -0.3 is 5.32 Å². The number of rotatable bonds is 0. The van der Waals surface area contributed by atoms with Gasteiger partial charge in [-0.25, -0.2) is 0 Å². The van der Waals surface area contributed by atoms with Gasteiger partial charge in [0.15, 0.2) is 5.95 Å². The molecule has 0 aromatic rings. The van der Waals surface area contributed by atoms with Crippen LogP contribution in [0.5, 0.6) is 0 Å². The van der Waals surface area contributed by atoms with E-state index in [4.69, 9.17) is 0 Å². The number of hydrogen-bond acceptors (Lipinski definition) is 1. The molecule has 7 heavy (non-hydrogen) atoms. The standard InChI is InChI=1S/C5H8FN/c1-4-2-3-5(6)7-4/h3-4,7H,2H2,1H3. The van der Waals surface area contributed by atoms with Crippen LogP contribution in [0, 0.1) is 0 Å². The van der Waals surface area contributed by atoms with E-state index in [-0.39, 0.29) is 5.95 Å². The third-order valence-corrected chi connectivity index (χ3v) is 1.03. The largest absolute Gasteiger partial charge is 0.359 e. The van der Waals surface area contributed by atoms with Crippen molar-refractivity contribution in [1.82, 2.24) is 5.32 Å². The van der Waals surface area contributed by atoms with Gasteiger partial charge >= 0.3 is 0 Å². The number of nitrogens with one attached hydrogen (secondary N) is 1. The summed E-state index contributed by atoms with van der Waals surface area (Å²) in [4.78, 5) is 0. The lowest BCUT2D eigenvalue weighted by Gasteiger charge is -1.99. The van der Waals surface area contributed by atoms with Crippen molar-refractivity contribution in [3.05, 3.63) is 12.0 Å². The molecule has 0 saturated heterocycles. The van der Waals surface area contributed by atoms with Gasteiger partial charge in [0, 0.05) is 6.04 Å². The topological polar surface area (TPSA) is 12.0 Å². The molecule has 1 unspecified atom stereocenters. The van der Waals surface area contributed by atoms with Crippen LogP contribution in [0.3, 0.4) is 0 Å². The van der Waals surface area contributed by atoms with Crippen LogP contribution < -0.4 is 5.32 Å². The first-order valence-corrected chi connectivity index (χ1v) is 2.41. The molecule has 0 radical (unpaired) electrons. The molecule has 0 saturated carbocycles. The average Bonchev–Trinajstić information content (AvgIpc) is 1.87. The van der Waals surface area contributed by atoms with Gasteiger partial charge in [-0.3, -0.25) is 0 Å². The summed E-state index contributed by atoms with van der Waals surface area (Å²) in [7, 11) is 0. The van der Waals surface area contributed by atoms with Crippen molar-refractivity contribution in [3.8, 4) is 0 Å². The van der Waals surface area contributed by atoms with Gasteiger partial charge in [0.25, 0.3) is 0 Å². The molecule has 1 rings (SSSR count). The molecule has 0 spiro atoms.